The number of nitrogens with zero attached hydrogens (tertiary/aromatic N) is 1. The van der Waals surface area contributed by atoms with Crippen LogP contribution in [0.1, 0.15) is 30.6 Å². The number of ether oxygens (including phenoxy) is 1. The van der Waals surface area contributed by atoms with E-state index in [-0.39, 0.29) is 42.0 Å². The van der Waals surface area contributed by atoms with Crippen LogP contribution in [0.25, 0.3) is 0 Å². The van der Waals surface area contributed by atoms with Crippen molar-refractivity contribution >= 4 is 17.9 Å². The topological polar surface area (TPSA) is 98.5 Å². The summed E-state index contributed by atoms with van der Waals surface area (Å²) in [6.07, 6.45) is 0.629. The fraction of sp³-hybridized carbons (Fsp3) is 0.385. The quantitative estimate of drug-likeness (QED) is 0.465. The van der Waals surface area contributed by atoms with E-state index in [2.05, 4.69) is 5.32 Å². The maximum atomic E-state index is 11.4. The van der Waals surface area contributed by atoms with Crippen molar-refractivity contribution in [3.8, 4) is 5.75 Å². The predicted octanol–water partition coefficient (Wildman–Crippen LogP) is 1.70. The van der Waals surface area contributed by atoms with Crippen LogP contribution in [-0.4, -0.2) is 29.8 Å². The molecule has 0 saturated carbocycles. The number of non-ortho nitro benzene ring substituents is 1. The highest BCUT2D eigenvalue weighted by Gasteiger charge is 2.12. The Morgan fingerprint density at radius 2 is 2.20 bits per heavy atom. The lowest BCUT2D eigenvalue weighted by molar-refractivity contribution is -0.384. The van der Waals surface area contributed by atoms with E-state index < -0.39 is 4.92 Å². The van der Waals surface area contributed by atoms with Gasteiger partial charge in [0.2, 0.25) is 5.91 Å². The first-order valence-corrected chi connectivity index (χ1v) is 6.10. The number of nitrogens with one attached hydrogen (secondary N) is 1. The molecule has 108 valence electrons. The molecule has 7 nitrogen and oxygen atoms in total. The summed E-state index contributed by atoms with van der Waals surface area (Å²) in [6, 6.07) is 3.78. The fourth-order valence-electron chi connectivity index (χ4n) is 1.52. The SMILES string of the molecule is CC(C)NC(=O)CCOc1ccc([N+](=O)[O-])cc1C=O. The molecule has 0 aliphatic heterocycles. The molecule has 0 radical (unpaired) electrons. The predicted molar refractivity (Wildman–Crippen MR) is 71.9 cm³/mol. The van der Waals surface area contributed by atoms with Gasteiger partial charge in [-0.05, 0) is 19.9 Å². The van der Waals surface area contributed by atoms with Crippen molar-refractivity contribution in [2.24, 2.45) is 0 Å². The van der Waals surface area contributed by atoms with Crippen LogP contribution < -0.4 is 10.1 Å². The zero-order valence-electron chi connectivity index (χ0n) is 11.3. The van der Waals surface area contributed by atoms with Gasteiger partial charge in [-0.25, -0.2) is 0 Å². The lowest BCUT2D eigenvalue weighted by atomic mass is 10.2. The van der Waals surface area contributed by atoms with Crippen LogP contribution in [0.3, 0.4) is 0 Å². The van der Waals surface area contributed by atoms with E-state index in [1.54, 1.807) is 0 Å². The second kappa shape index (κ2) is 7.22. The van der Waals surface area contributed by atoms with Gasteiger partial charge in [-0.2, -0.15) is 0 Å². The van der Waals surface area contributed by atoms with Gasteiger partial charge in [0.25, 0.3) is 5.69 Å². The molecule has 7 heteroatoms. The van der Waals surface area contributed by atoms with E-state index in [1.165, 1.54) is 12.1 Å². The molecule has 0 aromatic heterocycles. The molecule has 1 aromatic carbocycles. The largest absolute Gasteiger partial charge is 0.492 e. The van der Waals surface area contributed by atoms with Crippen molar-refractivity contribution in [2.45, 2.75) is 26.3 Å². The number of carbonyl (C=O) groups is 2. The second-order valence-corrected chi connectivity index (χ2v) is 4.42. The maximum Gasteiger partial charge on any atom is 0.270 e. The summed E-state index contributed by atoms with van der Waals surface area (Å²) in [5.41, 5.74) is -0.0968. The fourth-order valence-corrected chi connectivity index (χ4v) is 1.52. The Kier molecular flexibility index (Phi) is 5.64. The van der Waals surface area contributed by atoms with Gasteiger partial charge in [-0.1, -0.05) is 0 Å². The Hall–Kier alpha value is -2.44. The molecule has 0 saturated heterocycles. The summed E-state index contributed by atoms with van der Waals surface area (Å²) < 4.78 is 5.30. The number of nitro groups is 1. The molecule has 0 fully saturated rings. The van der Waals surface area contributed by atoms with E-state index in [4.69, 9.17) is 4.74 Å². The van der Waals surface area contributed by atoms with Gasteiger partial charge in [0.1, 0.15) is 5.75 Å². The molecule has 0 spiro atoms. The van der Waals surface area contributed by atoms with Gasteiger partial charge in [0.15, 0.2) is 6.29 Å². The van der Waals surface area contributed by atoms with Crippen molar-refractivity contribution in [2.75, 3.05) is 6.61 Å². The molecule has 0 unspecified atom stereocenters. The summed E-state index contributed by atoms with van der Waals surface area (Å²) >= 11 is 0. The highest BCUT2D eigenvalue weighted by atomic mass is 16.6. The lowest BCUT2D eigenvalue weighted by Gasteiger charge is -2.10. The van der Waals surface area contributed by atoms with Crippen molar-refractivity contribution in [1.29, 1.82) is 0 Å². The normalized spacial score (nSPS) is 10.2. The number of nitro benzene ring substituents is 1. The number of aldehydes is 1. The zero-order valence-corrected chi connectivity index (χ0v) is 11.3. The molecule has 0 atom stereocenters. The van der Waals surface area contributed by atoms with Crippen LogP contribution in [-0.2, 0) is 4.79 Å². The zero-order chi connectivity index (χ0) is 15.1. The summed E-state index contributed by atoms with van der Waals surface area (Å²) in [5, 5.41) is 13.3. The first kappa shape index (κ1) is 15.6. The third-order valence-corrected chi connectivity index (χ3v) is 2.37. The Balaban J connectivity index is 2.62. The van der Waals surface area contributed by atoms with E-state index in [9.17, 15) is 19.7 Å². The summed E-state index contributed by atoms with van der Waals surface area (Å²) in [4.78, 5) is 32.2. The third-order valence-electron chi connectivity index (χ3n) is 2.37. The van der Waals surface area contributed by atoms with Gasteiger partial charge >= 0.3 is 0 Å². The average molecular weight is 280 g/mol. The monoisotopic (exact) mass is 280 g/mol. The van der Waals surface area contributed by atoms with E-state index in [0.29, 0.717) is 6.29 Å². The van der Waals surface area contributed by atoms with Gasteiger partial charge in [-0.15, -0.1) is 0 Å². The van der Waals surface area contributed by atoms with Crippen molar-refractivity contribution in [3.63, 3.8) is 0 Å². The standard InChI is InChI=1S/C13H16N2O5/c1-9(2)14-13(17)5-6-20-12-4-3-11(15(18)19)7-10(12)8-16/h3-4,7-9H,5-6H2,1-2H3,(H,14,17). The molecule has 1 N–H and O–H groups in total. The number of benzene rings is 1. The maximum absolute atomic E-state index is 11.4. The van der Waals surface area contributed by atoms with Crippen LogP contribution in [0.4, 0.5) is 5.69 Å². The van der Waals surface area contributed by atoms with Crippen LogP contribution >= 0.6 is 0 Å². The van der Waals surface area contributed by atoms with Crippen molar-refractivity contribution in [1.82, 2.24) is 5.32 Å². The van der Waals surface area contributed by atoms with E-state index in [1.807, 2.05) is 13.8 Å². The third kappa shape index (κ3) is 4.68. The molecule has 1 aromatic rings. The molecular formula is C13H16N2O5. The minimum atomic E-state index is -0.590. The van der Waals surface area contributed by atoms with Gasteiger partial charge in [0.05, 0.1) is 23.5 Å². The Morgan fingerprint density at radius 3 is 2.75 bits per heavy atom. The lowest BCUT2D eigenvalue weighted by Crippen LogP contribution is -2.31. The summed E-state index contributed by atoms with van der Waals surface area (Å²) in [7, 11) is 0. The van der Waals surface area contributed by atoms with Crippen LogP contribution in [0.2, 0.25) is 0 Å². The number of amides is 1. The van der Waals surface area contributed by atoms with Crippen LogP contribution in [0.5, 0.6) is 5.75 Å². The number of carbonyl (C=O) groups excluding carboxylic acids is 2. The average Bonchev–Trinajstić information content (AvgIpc) is 2.37. The number of hydrogen-bond acceptors (Lipinski definition) is 5. The van der Waals surface area contributed by atoms with Crippen LogP contribution in [0.15, 0.2) is 18.2 Å². The highest BCUT2D eigenvalue weighted by molar-refractivity contribution is 5.80. The molecule has 0 bridgehead atoms. The first-order valence-electron chi connectivity index (χ1n) is 6.10. The number of hydrogen-bond donors (Lipinski definition) is 1. The van der Waals surface area contributed by atoms with Crippen LogP contribution in [0, 0.1) is 10.1 Å². The molecule has 0 aliphatic rings. The minimum absolute atomic E-state index is 0.0485. The Morgan fingerprint density at radius 1 is 1.50 bits per heavy atom. The summed E-state index contributed by atoms with van der Waals surface area (Å²) in [6.45, 7) is 3.79. The minimum Gasteiger partial charge on any atom is -0.492 e. The van der Waals surface area contributed by atoms with Gasteiger partial charge < -0.3 is 10.1 Å². The molecular weight excluding hydrogens is 264 g/mol. The second-order valence-electron chi connectivity index (χ2n) is 4.42. The molecule has 0 heterocycles. The Labute approximate surface area is 116 Å². The Bertz CT molecular complexity index is 513. The van der Waals surface area contributed by atoms with Crippen molar-refractivity contribution < 1.29 is 19.2 Å². The number of rotatable bonds is 7. The van der Waals surface area contributed by atoms with E-state index in [0.717, 1.165) is 6.07 Å². The highest BCUT2D eigenvalue weighted by Crippen LogP contribution is 2.22. The molecule has 0 aliphatic carbocycles. The van der Waals surface area contributed by atoms with Gasteiger partial charge in [-0.3, -0.25) is 19.7 Å². The van der Waals surface area contributed by atoms with E-state index >= 15 is 0 Å². The first-order chi connectivity index (χ1) is 9.43. The molecule has 20 heavy (non-hydrogen) atoms. The van der Waals surface area contributed by atoms with Crippen molar-refractivity contribution in [3.05, 3.63) is 33.9 Å². The van der Waals surface area contributed by atoms with Gasteiger partial charge in [0, 0.05) is 18.2 Å². The smallest absolute Gasteiger partial charge is 0.270 e. The summed E-state index contributed by atoms with van der Waals surface area (Å²) in [5.74, 6) is 0.0671. The molecule has 1 rings (SSSR count). The molecule has 1 amide bonds.